The number of hydrogen-bond acceptors (Lipinski definition) is 3. The molecule has 1 N–H and O–H groups in total. The average Bonchev–Trinajstić information content (AvgIpc) is 2.44. The first-order chi connectivity index (χ1) is 6.38. The molecule has 0 bridgehead atoms. The van der Waals surface area contributed by atoms with E-state index in [-0.39, 0.29) is 5.41 Å². The Morgan fingerprint density at radius 3 is 2.50 bits per heavy atom. The van der Waals surface area contributed by atoms with Gasteiger partial charge in [-0.05, 0) is 21.3 Å². The number of nitrogens with zero attached hydrogens (tertiary/aromatic N) is 1. The lowest BCUT2D eigenvalue weighted by atomic mass is 9.87. The van der Waals surface area contributed by atoms with Crippen LogP contribution in [0.3, 0.4) is 0 Å². The monoisotopic (exact) mass is 260 g/mol. The highest BCUT2D eigenvalue weighted by molar-refractivity contribution is 9.10. The molecule has 1 aromatic heterocycles. The molecule has 0 aliphatic heterocycles. The van der Waals surface area contributed by atoms with Crippen LogP contribution in [0, 0.1) is 0 Å². The van der Waals surface area contributed by atoms with E-state index in [1.807, 2.05) is 20.8 Å². The number of carbonyl (C=O) groups excluding carboxylic acids is 1. The molecule has 0 unspecified atom stereocenters. The molecule has 14 heavy (non-hydrogen) atoms. The molecule has 0 atom stereocenters. The molecule has 0 radical (unpaired) electrons. The lowest BCUT2D eigenvalue weighted by molar-refractivity contribution is 0.0591. The van der Waals surface area contributed by atoms with Crippen LogP contribution in [-0.4, -0.2) is 23.3 Å². The predicted octanol–water partition coefficient (Wildman–Crippen LogP) is 2.26. The van der Waals surface area contributed by atoms with E-state index < -0.39 is 5.97 Å². The standard InChI is InChI=1S/C9H13BrN2O2/c1-9(2,3)5-6(8(13)14-4)11-12-7(5)10/h1-4H3,(H,11,12). The van der Waals surface area contributed by atoms with Crippen molar-refractivity contribution in [1.82, 2.24) is 10.2 Å². The van der Waals surface area contributed by atoms with Crippen LogP contribution in [0.4, 0.5) is 0 Å². The van der Waals surface area contributed by atoms with Crippen LogP contribution in [0.25, 0.3) is 0 Å². The number of ether oxygens (including phenoxy) is 1. The lowest BCUT2D eigenvalue weighted by Crippen LogP contribution is -2.17. The molecule has 78 valence electrons. The Morgan fingerprint density at radius 1 is 1.50 bits per heavy atom. The Kier molecular flexibility index (Phi) is 2.99. The van der Waals surface area contributed by atoms with Crippen molar-refractivity contribution in [2.75, 3.05) is 7.11 Å². The third-order valence-corrected chi connectivity index (χ3v) is 2.42. The molecule has 5 heteroatoms. The predicted molar refractivity (Wildman–Crippen MR) is 56.3 cm³/mol. The number of halogens is 1. The second kappa shape index (κ2) is 3.73. The van der Waals surface area contributed by atoms with Gasteiger partial charge in [-0.1, -0.05) is 20.8 Å². The van der Waals surface area contributed by atoms with E-state index in [9.17, 15) is 4.79 Å². The van der Waals surface area contributed by atoms with E-state index in [4.69, 9.17) is 0 Å². The largest absolute Gasteiger partial charge is 0.464 e. The molecule has 1 heterocycles. The van der Waals surface area contributed by atoms with Crippen molar-refractivity contribution in [2.45, 2.75) is 26.2 Å². The molecule has 4 nitrogen and oxygen atoms in total. The van der Waals surface area contributed by atoms with Gasteiger partial charge in [0.25, 0.3) is 0 Å². The number of H-pyrrole nitrogens is 1. The van der Waals surface area contributed by atoms with Gasteiger partial charge >= 0.3 is 5.97 Å². The first-order valence-corrected chi connectivity index (χ1v) is 5.00. The summed E-state index contributed by atoms with van der Waals surface area (Å²) in [4.78, 5) is 11.4. The smallest absolute Gasteiger partial charge is 0.358 e. The Bertz CT molecular complexity index is 352. The molecular weight excluding hydrogens is 248 g/mol. The maximum atomic E-state index is 11.4. The van der Waals surface area contributed by atoms with Crippen molar-refractivity contribution in [1.29, 1.82) is 0 Å². The van der Waals surface area contributed by atoms with E-state index in [0.717, 1.165) is 10.2 Å². The summed E-state index contributed by atoms with van der Waals surface area (Å²) < 4.78 is 5.37. The topological polar surface area (TPSA) is 55.0 Å². The van der Waals surface area contributed by atoms with Crippen LogP contribution >= 0.6 is 15.9 Å². The molecule has 0 spiro atoms. The van der Waals surface area contributed by atoms with Crippen LogP contribution in [0.2, 0.25) is 0 Å². The summed E-state index contributed by atoms with van der Waals surface area (Å²) in [6.07, 6.45) is 0. The molecule has 1 aromatic rings. The summed E-state index contributed by atoms with van der Waals surface area (Å²) in [7, 11) is 1.34. The minimum atomic E-state index is -0.420. The zero-order valence-corrected chi connectivity index (χ0v) is 10.2. The maximum absolute atomic E-state index is 11.4. The van der Waals surface area contributed by atoms with Gasteiger partial charge in [-0.15, -0.1) is 0 Å². The fourth-order valence-electron chi connectivity index (χ4n) is 1.25. The highest BCUT2D eigenvalue weighted by Crippen LogP contribution is 2.31. The fraction of sp³-hybridized carbons (Fsp3) is 0.556. The van der Waals surface area contributed by atoms with E-state index in [0.29, 0.717) is 5.69 Å². The van der Waals surface area contributed by atoms with Crippen molar-refractivity contribution < 1.29 is 9.53 Å². The molecule has 0 aliphatic rings. The van der Waals surface area contributed by atoms with Crippen molar-refractivity contribution in [2.24, 2.45) is 0 Å². The third-order valence-electron chi connectivity index (χ3n) is 1.85. The lowest BCUT2D eigenvalue weighted by Gasteiger charge is -2.18. The highest BCUT2D eigenvalue weighted by atomic mass is 79.9. The Hall–Kier alpha value is -0.840. The van der Waals surface area contributed by atoms with Gasteiger partial charge in [-0.25, -0.2) is 4.79 Å². The van der Waals surface area contributed by atoms with Crippen molar-refractivity contribution in [3.8, 4) is 0 Å². The van der Waals surface area contributed by atoms with Crippen LogP contribution in [0.5, 0.6) is 0 Å². The first kappa shape index (κ1) is 11.2. The summed E-state index contributed by atoms with van der Waals surface area (Å²) in [5.41, 5.74) is 1.02. The van der Waals surface area contributed by atoms with Gasteiger partial charge < -0.3 is 4.74 Å². The first-order valence-electron chi connectivity index (χ1n) is 4.20. The molecule has 0 amide bonds. The van der Waals surface area contributed by atoms with Crippen LogP contribution in [-0.2, 0) is 10.2 Å². The molecule has 1 rings (SSSR count). The maximum Gasteiger partial charge on any atom is 0.358 e. The van der Waals surface area contributed by atoms with Crippen molar-refractivity contribution >= 4 is 21.9 Å². The second-order valence-electron chi connectivity index (χ2n) is 4.00. The van der Waals surface area contributed by atoms with E-state index >= 15 is 0 Å². The van der Waals surface area contributed by atoms with Gasteiger partial charge in [0.1, 0.15) is 4.60 Å². The molecular formula is C9H13BrN2O2. The summed E-state index contributed by atoms with van der Waals surface area (Å²) in [6.45, 7) is 6.03. The van der Waals surface area contributed by atoms with E-state index in [1.165, 1.54) is 7.11 Å². The summed E-state index contributed by atoms with van der Waals surface area (Å²) in [6, 6.07) is 0. The number of esters is 1. The molecule has 0 aromatic carbocycles. The quantitative estimate of drug-likeness (QED) is 0.789. The molecule has 0 saturated carbocycles. The number of hydrogen-bond donors (Lipinski definition) is 1. The summed E-state index contributed by atoms with van der Waals surface area (Å²) in [5.74, 6) is -0.420. The van der Waals surface area contributed by atoms with Gasteiger partial charge in [0.2, 0.25) is 0 Å². The number of aromatic nitrogens is 2. The van der Waals surface area contributed by atoms with Crippen molar-refractivity contribution in [3.63, 3.8) is 0 Å². The molecule has 0 aliphatic carbocycles. The molecule has 0 fully saturated rings. The average molecular weight is 261 g/mol. The molecule has 0 saturated heterocycles. The van der Waals surface area contributed by atoms with Gasteiger partial charge in [0.15, 0.2) is 5.69 Å². The number of aromatic amines is 1. The Morgan fingerprint density at radius 2 is 2.07 bits per heavy atom. The minimum Gasteiger partial charge on any atom is -0.464 e. The third kappa shape index (κ3) is 1.97. The zero-order valence-electron chi connectivity index (χ0n) is 8.64. The number of rotatable bonds is 1. The van der Waals surface area contributed by atoms with Crippen LogP contribution < -0.4 is 0 Å². The highest BCUT2D eigenvalue weighted by Gasteiger charge is 2.28. The van der Waals surface area contributed by atoms with Gasteiger partial charge in [0.05, 0.1) is 7.11 Å². The van der Waals surface area contributed by atoms with Gasteiger partial charge in [-0.3, -0.25) is 5.10 Å². The fourth-order valence-corrected chi connectivity index (χ4v) is 2.12. The van der Waals surface area contributed by atoms with Crippen LogP contribution in [0.15, 0.2) is 4.60 Å². The van der Waals surface area contributed by atoms with Crippen molar-refractivity contribution in [3.05, 3.63) is 15.9 Å². The minimum absolute atomic E-state index is 0.157. The Balaban J connectivity index is 3.27. The Labute approximate surface area is 91.2 Å². The van der Waals surface area contributed by atoms with E-state index in [2.05, 4.69) is 30.9 Å². The normalized spacial score (nSPS) is 11.5. The van der Waals surface area contributed by atoms with Crippen LogP contribution in [0.1, 0.15) is 36.8 Å². The zero-order chi connectivity index (χ0) is 10.9. The number of carbonyl (C=O) groups is 1. The number of methoxy groups -OCH3 is 1. The summed E-state index contributed by atoms with van der Waals surface area (Å²) in [5, 5.41) is 6.63. The number of nitrogens with one attached hydrogen (secondary N) is 1. The second-order valence-corrected chi connectivity index (χ2v) is 4.80. The summed E-state index contributed by atoms with van der Waals surface area (Å²) >= 11 is 3.32. The van der Waals surface area contributed by atoms with Gasteiger partial charge in [-0.2, -0.15) is 5.10 Å². The SMILES string of the molecule is COC(=O)c1n[nH]c(Br)c1C(C)(C)C. The van der Waals surface area contributed by atoms with E-state index in [1.54, 1.807) is 0 Å². The van der Waals surface area contributed by atoms with Gasteiger partial charge in [0, 0.05) is 5.56 Å².